The lowest BCUT2D eigenvalue weighted by atomic mass is 10.1. The number of anilines is 2. The van der Waals surface area contributed by atoms with Gasteiger partial charge >= 0.3 is 5.97 Å². The molecule has 218 valence electrons. The van der Waals surface area contributed by atoms with Gasteiger partial charge in [0.25, 0.3) is 0 Å². The molecular weight excluding hydrogens is 640 g/mol. The number of hydrogen-bond donors (Lipinski definition) is 0. The lowest BCUT2D eigenvalue weighted by molar-refractivity contribution is 0.0519. The lowest BCUT2D eigenvalue weighted by Crippen LogP contribution is -2.23. The Morgan fingerprint density at radius 1 is 1.17 bits per heavy atom. The average molecular weight is 676 g/mol. The van der Waals surface area contributed by atoms with Crippen molar-refractivity contribution in [2.24, 2.45) is 4.99 Å². The van der Waals surface area contributed by atoms with Crippen LogP contribution in [0.5, 0.6) is 0 Å². The van der Waals surface area contributed by atoms with Crippen molar-refractivity contribution in [3.05, 3.63) is 49.7 Å². The maximum atomic E-state index is 12.4. The fourth-order valence-electron chi connectivity index (χ4n) is 4.61. The summed E-state index contributed by atoms with van der Waals surface area (Å²) >= 11 is 6.53. The Balaban J connectivity index is 1.51. The molecule has 0 aliphatic carbocycles. The van der Waals surface area contributed by atoms with Gasteiger partial charge in [0.15, 0.2) is 27.3 Å². The highest BCUT2D eigenvalue weighted by molar-refractivity contribution is 9.11. The van der Waals surface area contributed by atoms with Crippen LogP contribution in [0.4, 0.5) is 16.8 Å². The van der Waals surface area contributed by atoms with Crippen molar-refractivity contribution < 1.29 is 14.3 Å². The number of nitrogens with zero attached hydrogens (tertiary/aromatic N) is 6. The maximum absolute atomic E-state index is 12.4. The van der Waals surface area contributed by atoms with Gasteiger partial charge in [0, 0.05) is 32.4 Å². The number of esters is 1. The van der Waals surface area contributed by atoms with Crippen LogP contribution in [0.25, 0.3) is 10.2 Å². The second-order valence-electron chi connectivity index (χ2n) is 11.1. The van der Waals surface area contributed by atoms with Crippen LogP contribution in [-0.2, 0) is 22.6 Å². The second kappa shape index (κ2) is 12.8. The molecule has 1 aliphatic heterocycles. The van der Waals surface area contributed by atoms with E-state index in [0.717, 1.165) is 70.4 Å². The average Bonchev–Trinajstić information content (AvgIpc) is 3.39. The Bertz CT molecular complexity index is 1630. The van der Waals surface area contributed by atoms with Crippen LogP contribution < -0.4 is 9.70 Å². The Kier molecular flexibility index (Phi) is 9.39. The molecule has 0 spiro atoms. The monoisotopic (exact) mass is 674 g/mol. The molecule has 0 bridgehead atoms. The summed E-state index contributed by atoms with van der Waals surface area (Å²) in [6.45, 7) is 13.2. The Morgan fingerprint density at radius 3 is 2.76 bits per heavy atom. The molecule has 5 rings (SSSR count). The molecule has 0 saturated heterocycles. The van der Waals surface area contributed by atoms with Crippen LogP contribution in [0.15, 0.2) is 33.0 Å². The smallest absolute Gasteiger partial charge is 0.359 e. The summed E-state index contributed by atoms with van der Waals surface area (Å²) in [5, 5.41) is 9.99. The fraction of sp³-hybridized carbons (Fsp3) is 0.464. The number of carbonyl (C=O) groups is 1. The third-order valence-electron chi connectivity index (χ3n) is 6.89. The minimum absolute atomic E-state index is 0.287. The number of rotatable bonds is 9. The number of thiazole rings is 2. The van der Waals surface area contributed by atoms with Crippen LogP contribution in [0, 0.1) is 6.92 Å². The SMILES string of the molecule is CCOC(=O)c1nc(N2CCCCc3c2nnc(N=c2sc4ccccc4n2COCC[Si](C)(C)C)c3C)sc1Br. The van der Waals surface area contributed by atoms with Gasteiger partial charge in [0.1, 0.15) is 10.5 Å². The molecule has 0 saturated carbocycles. The Labute approximate surface area is 257 Å². The quantitative estimate of drug-likeness (QED) is 0.105. The van der Waals surface area contributed by atoms with Crippen LogP contribution >= 0.6 is 38.6 Å². The first-order valence-corrected chi connectivity index (χ1v) is 20.0. The van der Waals surface area contributed by atoms with Crippen molar-refractivity contribution in [3.63, 3.8) is 0 Å². The van der Waals surface area contributed by atoms with Gasteiger partial charge in [-0.15, -0.1) is 10.2 Å². The number of aromatic nitrogens is 4. The summed E-state index contributed by atoms with van der Waals surface area (Å²) in [7, 11) is -1.18. The molecular formula is C28H35BrN6O3S2Si. The number of halogens is 1. The summed E-state index contributed by atoms with van der Waals surface area (Å²) in [5.41, 5.74) is 3.50. The zero-order chi connectivity index (χ0) is 29.1. The van der Waals surface area contributed by atoms with Gasteiger partial charge < -0.3 is 14.4 Å². The van der Waals surface area contributed by atoms with Crippen molar-refractivity contribution in [1.82, 2.24) is 19.7 Å². The molecule has 0 radical (unpaired) electrons. The number of fused-ring (bicyclic) bond motifs is 2. The first-order chi connectivity index (χ1) is 19.7. The van der Waals surface area contributed by atoms with Gasteiger partial charge in [-0.05, 0) is 67.2 Å². The minimum atomic E-state index is -1.18. The van der Waals surface area contributed by atoms with E-state index in [1.807, 2.05) is 12.1 Å². The van der Waals surface area contributed by atoms with Gasteiger partial charge in [-0.2, -0.15) is 4.99 Å². The summed E-state index contributed by atoms with van der Waals surface area (Å²) in [6, 6.07) is 9.43. The summed E-state index contributed by atoms with van der Waals surface area (Å²) in [6.07, 6.45) is 2.86. The molecule has 13 heteroatoms. The van der Waals surface area contributed by atoms with Crippen LogP contribution in [-0.4, -0.2) is 53.6 Å². The van der Waals surface area contributed by atoms with Gasteiger partial charge in [0.05, 0.1) is 16.8 Å². The molecule has 1 aliphatic rings. The molecule has 0 N–H and O–H groups in total. The molecule has 41 heavy (non-hydrogen) atoms. The molecule has 0 atom stereocenters. The maximum Gasteiger partial charge on any atom is 0.359 e. The number of ether oxygens (including phenoxy) is 2. The van der Waals surface area contributed by atoms with Crippen LogP contribution in [0.3, 0.4) is 0 Å². The van der Waals surface area contributed by atoms with Crippen molar-refractivity contribution in [1.29, 1.82) is 0 Å². The molecule has 0 unspecified atom stereocenters. The molecule has 1 aromatic carbocycles. The summed E-state index contributed by atoms with van der Waals surface area (Å²) < 4.78 is 15.3. The van der Waals surface area contributed by atoms with Gasteiger partial charge in [-0.1, -0.05) is 54.4 Å². The largest absolute Gasteiger partial charge is 0.461 e. The third-order valence-corrected chi connectivity index (χ3v) is 11.4. The summed E-state index contributed by atoms with van der Waals surface area (Å²) in [4.78, 5) is 25.0. The zero-order valence-corrected chi connectivity index (χ0v) is 28.3. The lowest BCUT2D eigenvalue weighted by Gasteiger charge is -2.21. The number of para-hydroxylation sites is 1. The molecule has 4 heterocycles. The van der Waals surface area contributed by atoms with E-state index in [9.17, 15) is 4.79 Å². The van der Waals surface area contributed by atoms with E-state index >= 15 is 0 Å². The van der Waals surface area contributed by atoms with Crippen LogP contribution in [0.2, 0.25) is 25.7 Å². The molecule has 9 nitrogen and oxygen atoms in total. The summed E-state index contributed by atoms with van der Waals surface area (Å²) in [5.74, 6) is 0.949. The molecule has 3 aromatic heterocycles. The molecule has 4 aromatic rings. The van der Waals surface area contributed by atoms with Gasteiger partial charge in [-0.25, -0.2) is 9.78 Å². The van der Waals surface area contributed by atoms with Crippen molar-refractivity contribution in [3.8, 4) is 0 Å². The van der Waals surface area contributed by atoms with E-state index in [2.05, 4.69) is 79.3 Å². The Morgan fingerprint density at radius 2 is 1.98 bits per heavy atom. The van der Waals surface area contributed by atoms with Crippen molar-refractivity contribution in [2.75, 3.05) is 24.7 Å². The van der Waals surface area contributed by atoms with E-state index in [-0.39, 0.29) is 5.69 Å². The Hall–Kier alpha value is -2.45. The van der Waals surface area contributed by atoms with Crippen LogP contribution in [0.1, 0.15) is 41.4 Å². The highest BCUT2D eigenvalue weighted by Crippen LogP contribution is 2.39. The highest BCUT2D eigenvalue weighted by Gasteiger charge is 2.27. The van der Waals surface area contributed by atoms with E-state index in [1.165, 1.54) is 11.3 Å². The zero-order valence-electron chi connectivity index (χ0n) is 24.1. The first-order valence-electron chi connectivity index (χ1n) is 13.8. The van der Waals surface area contributed by atoms with E-state index in [4.69, 9.17) is 14.5 Å². The van der Waals surface area contributed by atoms with E-state index in [1.54, 1.807) is 18.3 Å². The van der Waals surface area contributed by atoms with Gasteiger partial charge in [0.2, 0.25) is 0 Å². The number of hydrogen-bond acceptors (Lipinski definition) is 10. The predicted octanol–water partition coefficient (Wildman–Crippen LogP) is 7.22. The normalized spacial score (nSPS) is 14.4. The van der Waals surface area contributed by atoms with Crippen molar-refractivity contribution in [2.45, 2.75) is 65.5 Å². The van der Waals surface area contributed by atoms with E-state index < -0.39 is 14.0 Å². The predicted molar refractivity (Wildman–Crippen MR) is 172 cm³/mol. The fourth-order valence-corrected chi connectivity index (χ4v) is 7.88. The highest BCUT2D eigenvalue weighted by atomic mass is 79.9. The number of carbonyl (C=O) groups excluding carboxylic acids is 1. The van der Waals surface area contributed by atoms with Crippen molar-refractivity contribution >= 4 is 79.6 Å². The standard InChI is InChI=1S/C28H35BrN6O3S2Si/c1-6-38-26(36)22-23(29)40-27(30-22)34-14-10-9-11-19-18(2)24(32-33-25(19)34)31-28-35(17-37-15-16-41(3,4)5)20-12-7-8-13-21(20)39-28/h7-8,12-13H,6,9-11,14-17H2,1-5H3. The number of benzene rings is 1. The first kappa shape index (κ1) is 30.0. The second-order valence-corrected chi connectivity index (χ2v) is 20.1. The third kappa shape index (κ3) is 6.80. The minimum Gasteiger partial charge on any atom is -0.461 e. The van der Waals surface area contributed by atoms with E-state index in [0.29, 0.717) is 28.1 Å². The topological polar surface area (TPSA) is 94.7 Å². The molecule has 0 fully saturated rings. The van der Waals surface area contributed by atoms with Gasteiger partial charge in [-0.3, -0.25) is 4.57 Å². The molecule has 0 amide bonds.